The molecule has 140 valence electrons. The van der Waals surface area contributed by atoms with Crippen molar-refractivity contribution in [1.29, 1.82) is 0 Å². The monoisotopic (exact) mass is 365 g/mol. The summed E-state index contributed by atoms with van der Waals surface area (Å²) in [4.78, 5) is 14.9. The van der Waals surface area contributed by atoms with Gasteiger partial charge in [-0.05, 0) is 38.4 Å². The number of ketones is 1. The second kappa shape index (κ2) is 7.23. The van der Waals surface area contributed by atoms with Crippen LogP contribution in [-0.4, -0.2) is 33.6 Å². The molecule has 1 aliphatic rings. The van der Waals surface area contributed by atoms with E-state index in [4.69, 9.17) is 0 Å². The van der Waals surface area contributed by atoms with E-state index in [0.717, 1.165) is 49.3 Å². The average molecular weight is 365 g/mol. The molecule has 0 unspecified atom stereocenters. The fraction of sp³-hybridized carbons (Fsp3) is 0.474. The number of halogens is 3. The quantitative estimate of drug-likeness (QED) is 0.773. The Morgan fingerprint density at radius 1 is 1.27 bits per heavy atom. The topological polar surface area (TPSA) is 38.1 Å². The fourth-order valence-corrected chi connectivity index (χ4v) is 3.41. The van der Waals surface area contributed by atoms with E-state index in [-0.39, 0.29) is 11.7 Å². The number of piperidine rings is 1. The Morgan fingerprint density at radius 2 is 1.96 bits per heavy atom. The maximum atomic E-state index is 12.7. The summed E-state index contributed by atoms with van der Waals surface area (Å²) in [5, 5.41) is 4.24. The normalized spacial score (nSPS) is 18.9. The number of likely N-dealkylation sites (tertiary alicyclic amines) is 1. The van der Waals surface area contributed by atoms with E-state index < -0.39 is 11.7 Å². The molecule has 1 aromatic carbocycles. The van der Waals surface area contributed by atoms with Crippen molar-refractivity contribution in [3.63, 3.8) is 0 Å². The second-order valence-electron chi connectivity index (χ2n) is 6.89. The molecule has 7 heteroatoms. The summed E-state index contributed by atoms with van der Waals surface area (Å²) in [7, 11) is 1.89. The largest absolute Gasteiger partial charge is 0.416 e. The SMILES string of the molecule is Cc1c(CN2CCC[C@H](C(=O)c3ccc(C(F)(F)F)cc3)C2)cnn1C. The first kappa shape index (κ1) is 18.6. The number of hydrogen-bond acceptors (Lipinski definition) is 3. The van der Waals surface area contributed by atoms with Crippen LogP contribution in [0, 0.1) is 12.8 Å². The highest BCUT2D eigenvalue weighted by Crippen LogP contribution is 2.30. The minimum atomic E-state index is -4.38. The minimum Gasteiger partial charge on any atom is -0.298 e. The van der Waals surface area contributed by atoms with E-state index in [2.05, 4.69) is 10.00 Å². The summed E-state index contributed by atoms with van der Waals surface area (Å²) in [6.45, 7) is 4.27. The zero-order valence-electron chi connectivity index (χ0n) is 14.9. The molecule has 1 saturated heterocycles. The van der Waals surface area contributed by atoms with Crippen molar-refractivity contribution < 1.29 is 18.0 Å². The maximum Gasteiger partial charge on any atom is 0.416 e. The lowest BCUT2D eigenvalue weighted by Crippen LogP contribution is -2.38. The third kappa shape index (κ3) is 3.98. The van der Waals surface area contributed by atoms with Crippen LogP contribution in [0.5, 0.6) is 0 Å². The number of hydrogen-bond donors (Lipinski definition) is 0. The molecule has 1 atom stereocenters. The van der Waals surface area contributed by atoms with Crippen LogP contribution in [0.4, 0.5) is 13.2 Å². The number of nitrogens with zero attached hydrogens (tertiary/aromatic N) is 3. The van der Waals surface area contributed by atoms with E-state index in [1.807, 2.05) is 24.9 Å². The molecule has 1 fully saturated rings. The van der Waals surface area contributed by atoms with Crippen LogP contribution in [0.25, 0.3) is 0 Å². The van der Waals surface area contributed by atoms with Gasteiger partial charge in [-0.25, -0.2) is 0 Å². The first-order chi connectivity index (χ1) is 12.3. The molecule has 26 heavy (non-hydrogen) atoms. The summed E-state index contributed by atoms with van der Waals surface area (Å²) in [6, 6.07) is 4.53. The number of aromatic nitrogens is 2. The van der Waals surface area contributed by atoms with Crippen molar-refractivity contribution in [3.8, 4) is 0 Å². The molecule has 3 rings (SSSR count). The van der Waals surface area contributed by atoms with E-state index in [1.54, 1.807) is 0 Å². The summed E-state index contributed by atoms with van der Waals surface area (Å²) < 4.78 is 39.8. The molecule has 0 radical (unpaired) electrons. The molecule has 0 saturated carbocycles. The van der Waals surface area contributed by atoms with Gasteiger partial charge in [0.15, 0.2) is 5.78 Å². The number of carbonyl (C=O) groups excluding carboxylic acids is 1. The first-order valence-corrected chi connectivity index (χ1v) is 8.67. The predicted molar refractivity (Wildman–Crippen MR) is 91.7 cm³/mol. The lowest BCUT2D eigenvalue weighted by molar-refractivity contribution is -0.137. The predicted octanol–water partition coefficient (Wildman–Crippen LogP) is 3.84. The lowest BCUT2D eigenvalue weighted by atomic mass is 9.89. The maximum absolute atomic E-state index is 12.7. The second-order valence-corrected chi connectivity index (χ2v) is 6.89. The van der Waals surface area contributed by atoms with Gasteiger partial charge < -0.3 is 0 Å². The molecule has 0 spiro atoms. The van der Waals surface area contributed by atoms with Crippen molar-refractivity contribution in [2.45, 2.75) is 32.5 Å². The first-order valence-electron chi connectivity index (χ1n) is 8.67. The van der Waals surface area contributed by atoms with Gasteiger partial charge in [0.1, 0.15) is 0 Å². The van der Waals surface area contributed by atoms with Gasteiger partial charge in [-0.15, -0.1) is 0 Å². The fourth-order valence-electron chi connectivity index (χ4n) is 3.41. The highest BCUT2D eigenvalue weighted by atomic mass is 19.4. The zero-order chi connectivity index (χ0) is 18.9. The Bertz CT molecular complexity index is 780. The van der Waals surface area contributed by atoms with Crippen LogP contribution >= 0.6 is 0 Å². The Kier molecular flexibility index (Phi) is 5.18. The molecular formula is C19H22F3N3O. The zero-order valence-corrected chi connectivity index (χ0v) is 14.9. The van der Waals surface area contributed by atoms with Crippen molar-refractivity contribution >= 4 is 5.78 Å². The molecule has 2 heterocycles. The van der Waals surface area contributed by atoms with Crippen LogP contribution in [-0.2, 0) is 19.8 Å². The average Bonchev–Trinajstić information content (AvgIpc) is 2.93. The molecule has 4 nitrogen and oxygen atoms in total. The smallest absolute Gasteiger partial charge is 0.298 e. The molecule has 1 aromatic heterocycles. The summed E-state index contributed by atoms with van der Waals surface area (Å²) in [5.74, 6) is -0.260. The lowest BCUT2D eigenvalue weighted by Gasteiger charge is -2.32. The van der Waals surface area contributed by atoms with Gasteiger partial charge >= 0.3 is 6.18 Å². The van der Waals surface area contributed by atoms with E-state index >= 15 is 0 Å². The molecule has 1 aliphatic heterocycles. The summed E-state index contributed by atoms with van der Waals surface area (Å²) in [6.07, 6.45) is -0.875. The van der Waals surface area contributed by atoms with Gasteiger partial charge in [-0.3, -0.25) is 14.4 Å². The molecule has 2 aromatic rings. The summed E-state index contributed by atoms with van der Waals surface area (Å²) >= 11 is 0. The van der Waals surface area contributed by atoms with Crippen LogP contribution in [0.2, 0.25) is 0 Å². The standard InChI is InChI=1S/C19H22F3N3O/c1-13-16(10-23-24(13)2)12-25-9-3-4-15(11-25)18(26)14-5-7-17(8-6-14)19(20,21)22/h5-8,10,15H,3-4,9,11-12H2,1-2H3/t15-/m0/s1. The molecular weight excluding hydrogens is 343 g/mol. The third-order valence-electron chi connectivity index (χ3n) is 5.10. The van der Waals surface area contributed by atoms with Gasteiger partial charge in [0.25, 0.3) is 0 Å². The van der Waals surface area contributed by atoms with Crippen LogP contribution in [0.1, 0.15) is 40.0 Å². The Labute approximate surface area is 150 Å². The van der Waals surface area contributed by atoms with Gasteiger partial charge in [-0.2, -0.15) is 18.3 Å². The highest BCUT2D eigenvalue weighted by molar-refractivity contribution is 5.98. The van der Waals surface area contributed by atoms with Crippen molar-refractivity contribution in [1.82, 2.24) is 14.7 Å². The number of aryl methyl sites for hydroxylation is 1. The van der Waals surface area contributed by atoms with Gasteiger partial charge in [0.05, 0.1) is 11.8 Å². The van der Waals surface area contributed by atoms with Gasteiger partial charge in [-0.1, -0.05) is 12.1 Å². The van der Waals surface area contributed by atoms with E-state index in [9.17, 15) is 18.0 Å². The van der Waals surface area contributed by atoms with Crippen molar-refractivity contribution in [2.24, 2.45) is 13.0 Å². The number of carbonyl (C=O) groups is 1. The number of Topliss-reactive ketones (excluding diaryl/α,β-unsaturated/α-hetero) is 1. The van der Waals surface area contributed by atoms with Gasteiger partial charge in [0.2, 0.25) is 0 Å². The van der Waals surface area contributed by atoms with Crippen molar-refractivity contribution in [2.75, 3.05) is 13.1 Å². The highest BCUT2D eigenvalue weighted by Gasteiger charge is 2.31. The molecule has 0 bridgehead atoms. The number of rotatable bonds is 4. The van der Waals surface area contributed by atoms with E-state index in [1.165, 1.54) is 12.1 Å². The van der Waals surface area contributed by atoms with Crippen LogP contribution in [0.3, 0.4) is 0 Å². The summed E-state index contributed by atoms with van der Waals surface area (Å²) in [5.41, 5.74) is 1.85. The molecule has 0 aliphatic carbocycles. The number of alkyl halides is 3. The van der Waals surface area contributed by atoms with E-state index in [0.29, 0.717) is 12.1 Å². The third-order valence-corrected chi connectivity index (χ3v) is 5.10. The molecule has 0 amide bonds. The molecule has 0 N–H and O–H groups in total. The van der Waals surface area contributed by atoms with Gasteiger partial charge in [0, 0.05) is 42.9 Å². The minimum absolute atomic E-state index is 0.0775. The Hall–Kier alpha value is -2.15. The van der Waals surface area contributed by atoms with Crippen LogP contribution < -0.4 is 0 Å². The Balaban J connectivity index is 1.67. The van der Waals surface area contributed by atoms with Crippen molar-refractivity contribution in [3.05, 3.63) is 52.8 Å². The Morgan fingerprint density at radius 3 is 2.54 bits per heavy atom. The van der Waals surface area contributed by atoms with Crippen LogP contribution in [0.15, 0.2) is 30.5 Å². The number of benzene rings is 1.